The second-order valence-electron chi connectivity index (χ2n) is 15.0. The maximum Gasteiger partial charge on any atom is 0.472 e. The zero-order valence-corrected chi connectivity index (χ0v) is 36.1. The minimum absolute atomic E-state index is 0.0107. The molecule has 0 spiro atoms. The van der Waals surface area contributed by atoms with Gasteiger partial charge in [-0.2, -0.15) is 0 Å². The highest BCUT2D eigenvalue weighted by molar-refractivity contribution is 7.51. The molecule has 34 heteroatoms. The predicted octanol–water partition coefficient (Wildman–Crippen LogP) is -0.717. The summed E-state index contributed by atoms with van der Waals surface area (Å²) in [6.45, 7) is -0.814. The quantitative estimate of drug-likeness (QED) is 0.0555. The molecule has 31 nitrogen and oxygen atoms in total. The molecule has 0 saturated carbocycles. The van der Waals surface area contributed by atoms with Crippen LogP contribution in [0, 0.1) is 0 Å². The summed E-state index contributed by atoms with van der Waals surface area (Å²) in [5.74, 6) is 0.121. The molecule has 11 N–H and O–H groups in total. The Morgan fingerprint density at radius 1 is 0.585 bits per heavy atom. The van der Waals surface area contributed by atoms with Gasteiger partial charge < -0.3 is 60.8 Å². The van der Waals surface area contributed by atoms with Crippen LogP contribution in [0.5, 0.6) is 0 Å². The van der Waals surface area contributed by atoms with Crippen molar-refractivity contribution in [2.24, 2.45) is 0 Å². The molecule has 0 bridgehead atoms. The van der Waals surface area contributed by atoms with E-state index < -0.39 is 97.9 Å². The van der Waals surface area contributed by atoms with E-state index in [9.17, 15) is 38.6 Å². The standard InChI is InChI=1S/C31H40N15O16P3/c1-63(49,50)55-4-13-2-15(29(58-13)44-10-41-18-23(32)35-7-38-26(18)44)61-64(51,52)56-5-14-3-16(30(59-14)45-11-42-19-24(33)36-8-39-27(19)45)62-65(53,54)57-6-17-21(47)22(48)31(60-17)46-12-43-20-25(34)37-9-40-28(20)46/h7-17,21-22,29-31,47-48H,2-6H2,1H3,(H,49,50)(H,51,52)(H,53,54)(H2,32,35,38)(H2,33,36,39)(H2,34,37,40). The van der Waals surface area contributed by atoms with E-state index in [0.29, 0.717) is 0 Å². The summed E-state index contributed by atoms with van der Waals surface area (Å²) in [5.41, 5.74) is 18.9. The Bertz CT molecular complexity index is 2870. The number of phosphoric acid groups is 2. The third kappa shape index (κ3) is 9.32. The van der Waals surface area contributed by atoms with Crippen LogP contribution in [0.2, 0.25) is 0 Å². The summed E-state index contributed by atoms with van der Waals surface area (Å²) in [4.78, 5) is 68.5. The van der Waals surface area contributed by atoms with Crippen LogP contribution in [-0.4, -0.2) is 153 Å². The van der Waals surface area contributed by atoms with Crippen molar-refractivity contribution in [1.29, 1.82) is 0 Å². The number of hydrogen-bond acceptors (Lipinski definition) is 25. The highest BCUT2D eigenvalue weighted by Gasteiger charge is 2.48. The minimum Gasteiger partial charge on any atom is -0.387 e. The van der Waals surface area contributed by atoms with Gasteiger partial charge in [-0.1, -0.05) is 0 Å². The fourth-order valence-electron chi connectivity index (χ4n) is 7.56. The number of phosphoric ester groups is 2. The number of aliphatic hydroxyl groups is 2. The molecule has 3 fully saturated rings. The number of aromatic nitrogens is 12. The number of fused-ring (bicyclic) bond motifs is 3. The number of ether oxygens (including phenoxy) is 3. The van der Waals surface area contributed by atoms with E-state index in [2.05, 4.69) is 44.9 Å². The van der Waals surface area contributed by atoms with Gasteiger partial charge in [0.05, 0.1) is 51.0 Å². The van der Waals surface area contributed by atoms with Crippen molar-refractivity contribution in [3.63, 3.8) is 0 Å². The van der Waals surface area contributed by atoms with Crippen LogP contribution >= 0.6 is 23.2 Å². The highest BCUT2D eigenvalue weighted by Crippen LogP contribution is 2.53. The van der Waals surface area contributed by atoms with E-state index in [0.717, 1.165) is 13.0 Å². The SMILES string of the molecule is CP(=O)(O)OCC1CC(OP(=O)(O)OCC2CC(OP(=O)(O)OCC3OC(n4cnc5c(N)ncnc54)C(O)C3O)C(n3cnc4c(N)ncnc43)O2)C(n2cnc3c(N)ncnc32)O1. The van der Waals surface area contributed by atoms with Crippen LogP contribution in [0.1, 0.15) is 31.5 Å². The van der Waals surface area contributed by atoms with E-state index in [1.54, 1.807) is 0 Å². The Morgan fingerprint density at radius 3 is 1.42 bits per heavy atom. The molecule has 9 heterocycles. The lowest BCUT2D eigenvalue weighted by Crippen LogP contribution is -2.33. The Balaban J connectivity index is 0.891. The predicted molar refractivity (Wildman–Crippen MR) is 215 cm³/mol. The molecule has 13 unspecified atom stereocenters. The summed E-state index contributed by atoms with van der Waals surface area (Å²) in [7, 11) is -14.1. The average molecular weight is 972 g/mol. The number of hydrogen-bond donors (Lipinski definition) is 8. The van der Waals surface area contributed by atoms with Gasteiger partial charge in [-0.15, -0.1) is 0 Å². The van der Waals surface area contributed by atoms with E-state index in [-0.39, 0.29) is 70.4 Å². The number of imidazole rings is 3. The molecule has 0 amide bonds. The molecule has 6 aromatic rings. The fraction of sp³-hybridized carbons (Fsp3) is 0.516. The smallest absolute Gasteiger partial charge is 0.387 e. The van der Waals surface area contributed by atoms with Crippen molar-refractivity contribution in [2.75, 3.05) is 43.7 Å². The lowest BCUT2D eigenvalue weighted by Gasteiger charge is -2.23. The summed E-state index contributed by atoms with van der Waals surface area (Å²) < 4.78 is 88.0. The van der Waals surface area contributed by atoms with Crippen molar-refractivity contribution >= 4 is 74.2 Å². The number of nitrogen functional groups attached to an aromatic ring is 3. The summed E-state index contributed by atoms with van der Waals surface area (Å²) in [5, 5.41) is 21.7. The number of nitrogens with two attached hydrogens (primary N) is 3. The van der Waals surface area contributed by atoms with Crippen molar-refractivity contribution in [1.82, 2.24) is 58.6 Å². The third-order valence-corrected chi connectivity index (χ3v) is 13.1. The fourth-order valence-corrected chi connectivity index (χ4v) is 9.88. The van der Waals surface area contributed by atoms with E-state index in [4.69, 9.17) is 54.0 Å². The van der Waals surface area contributed by atoms with Gasteiger partial charge in [-0.05, 0) is 0 Å². The van der Waals surface area contributed by atoms with E-state index in [1.807, 2.05) is 0 Å². The molecule has 350 valence electrons. The van der Waals surface area contributed by atoms with Gasteiger partial charge in [-0.25, -0.2) is 54.0 Å². The molecular formula is C31H40N15O16P3. The molecule has 6 aromatic heterocycles. The summed E-state index contributed by atoms with van der Waals surface area (Å²) in [6.07, 6.45) is -6.06. The second kappa shape index (κ2) is 17.5. The monoisotopic (exact) mass is 971 g/mol. The largest absolute Gasteiger partial charge is 0.472 e. The van der Waals surface area contributed by atoms with Crippen molar-refractivity contribution < 1.29 is 75.4 Å². The Hall–Kier alpha value is -4.78. The van der Waals surface area contributed by atoms with E-state index in [1.165, 1.54) is 45.3 Å². The maximum atomic E-state index is 13.6. The molecule has 65 heavy (non-hydrogen) atoms. The van der Waals surface area contributed by atoms with Gasteiger partial charge in [0.1, 0.15) is 66.1 Å². The zero-order chi connectivity index (χ0) is 46.0. The summed E-state index contributed by atoms with van der Waals surface area (Å²) in [6, 6.07) is 0. The van der Waals surface area contributed by atoms with Crippen LogP contribution in [-0.2, 0) is 50.5 Å². The van der Waals surface area contributed by atoms with Crippen LogP contribution in [0.3, 0.4) is 0 Å². The first kappa shape index (κ1) is 45.4. The first-order valence-corrected chi connectivity index (χ1v) is 24.2. The van der Waals surface area contributed by atoms with Gasteiger partial charge in [0.2, 0.25) is 0 Å². The number of rotatable bonds is 16. The van der Waals surface area contributed by atoms with Gasteiger partial charge >= 0.3 is 23.2 Å². The van der Waals surface area contributed by atoms with Gasteiger partial charge in [-0.3, -0.25) is 36.4 Å². The molecule has 3 saturated heterocycles. The highest BCUT2D eigenvalue weighted by atomic mass is 31.2. The van der Waals surface area contributed by atoms with Crippen molar-refractivity contribution in [2.45, 2.75) is 74.3 Å². The molecule has 3 aliphatic rings. The lowest BCUT2D eigenvalue weighted by molar-refractivity contribution is -0.0638. The number of anilines is 3. The van der Waals surface area contributed by atoms with Crippen molar-refractivity contribution in [3.05, 3.63) is 38.0 Å². The zero-order valence-electron chi connectivity index (χ0n) is 33.4. The van der Waals surface area contributed by atoms with Crippen LogP contribution < -0.4 is 17.2 Å². The maximum absolute atomic E-state index is 13.6. The Labute approximate surface area is 363 Å². The van der Waals surface area contributed by atoms with Crippen LogP contribution in [0.15, 0.2) is 38.0 Å². The molecule has 0 aromatic carbocycles. The third-order valence-electron chi connectivity index (χ3n) is 10.5. The number of nitrogens with zero attached hydrogens (tertiary/aromatic N) is 12. The molecule has 0 aliphatic carbocycles. The first-order valence-electron chi connectivity index (χ1n) is 19.2. The molecule has 3 aliphatic heterocycles. The molecule has 0 radical (unpaired) electrons. The number of aliphatic hydroxyl groups excluding tert-OH is 2. The average Bonchev–Trinajstić information content (AvgIpc) is 4.11. The van der Waals surface area contributed by atoms with Crippen molar-refractivity contribution in [3.8, 4) is 0 Å². The van der Waals surface area contributed by atoms with Crippen LogP contribution in [0.25, 0.3) is 33.5 Å². The van der Waals surface area contributed by atoms with Gasteiger partial charge in [0.15, 0.2) is 53.1 Å². The van der Waals surface area contributed by atoms with Gasteiger partial charge in [0, 0.05) is 19.5 Å². The first-order chi connectivity index (χ1) is 30.8. The topological polar surface area (TPSA) is 435 Å². The molecular weight excluding hydrogens is 931 g/mol. The Kier molecular flexibility index (Phi) is 12.2. The van der Waals surface area contributed by atoms with E-state index >= 15 is 0 Å². The Morgan fingerprint density at radius 2 is 0.985 bits per heavy atom. The van der Waals surface area contributed by atoms with Gasteiger partial charge in [0.25, 0.3) is 0 Å². The summed E-state index contributed by atoms with van der Waals surface area (Å²) >= 11 is 0. The molecule has 9 rings (SSSR count). The lowest BCUT2D eigenvalue weighted by atomic mass is 10.1. The molecule has 13 atom stereocenters. The minimum atomic E-state index is -5.10. The normalized spacial score (nSPS) is 30.0. The van der Waals surface area contributed by atoms with Crippen LogP contribution in [0.4, 0.5) is 17.5 Å². The second-order valence-corrected chi connectivity index (χ2v) is 19.7.